The zero-order chi connectivity index (χ0) is 21.8. The number of carbonyl (C=O) groups excluding carboxylic acids is 1. The van der Waals surface area contributed by atoms with Crippen molar-refractivity contribution in [3.63, 3.8) is 0 Å². The summed E-state index contributed by atoms with van der Waals surface area (Å²) >= 11 is 0. The Balaban J connectivity index is 1.46. The predicted molar refractivity (Wildman–Crippen MR) is 125 cm³/mol. The van der Waals surface area contributed by atoms with Crippen molar-refractivity contribution < 1.29 is 4.79 Å². The number of aryl methyl sites for hydroxylation is 3. The second kappa shape index (κ2) is 9.46. The monoisotopic (exact) mass is 416 g/mol. The number of allylic oxidation sites excluding steroid dienone is 1. The lowest BCUT2D eigenvalue weighted by atomic mass is 9.97. The van der Waals surface area contributed by atoms with Crippen LogP contribution in [0.2, 0.25) is 0 Å². The smallest absolute Gasteiger partial charge is 0.220 e. The molecule has 0 spiro atoms. The molecule has 1 N–H and O–H groups in total. The second-order valence-corrected chi connectivity index (χ2v) is 8.53. The summed E-state index contributed by atoms with van der Waals surface area (Å²) in [5, 5.41) is 7.86. The number of benzene rings is 1. The molecular weight excluding hydrogens is 384 g/mol. The van der Waals surface area contributed by atoms with Gasteiger partial charge in [0.25, 0.3) is 0 Å². The van der Waals surface area contributed by atoms with Gasteiger partial charge in [-0.15, -0.1) is 0 Å². The second-order valence-electron chi connectivity index (χ2n) is 8.53. The summed E-state index contributed by atoms with van der Waals surface area (Å²) in [4.78, 5) is 17.3. The minimum atomic E-state index is 0.108. The van der Waals surface area contributed by atoms with E-state index in [1.54, 1.807) is 0 Å². The lowest BCUT2D eigenvalue weighted by molar-refractivity contribution is -0.121. The number of hydrogen-bond acceptors (Lipinski definition) is 3. The molecule has 5 heteroatoms. The number of amides is 1. The maximum absolute atomic E-state index is 12.4. The van der Waals surface area contributed by atoms with E-state index in [2.05, 4.69) is 30.4 Å². The van der Waals surface area contributed by atoms with Crippen molar-refractivity contribution >= 4 is 11.6 Å². The van der Waals surface area contributed by atoms with E-state index in [1.807, 2.05) is 36.6 Å². The summed E-state index contributed by atoms with van der Waals surface area (Å²) in [6, 6.07) is 10.3. The van der Waals surface area contributed by atoms with E-state index in [0.717, 1.165) is 52.4 Å². The van der Waals surface area contributed by atoms with Crippen LogP contribution in [0.5, 0.6) is 0 Å². The fourth-order valence-electron chi connectivity index (χ4n) is 4.59. The van der Waals surface area contributed by atoms with Gasteiger partial charge in [0.15, 0.2) is 5.65 Å². The highest BCUT2D eigenvalue weighted by Gasteiger charge is 2.18. The molecule has 0 saturated heterocycles. The molecule has 1 aliphatic rings. The lowest BCUT2D eigenvalue weighted by Gasteiger charge is -2.14. The van der Waals surface area contributed by atoms with Gasteiger partial charge >= 0.3 is 0 Å². The Hall–Kier alpha value is -2.95. The Morgan fingerprint density at radius 2 is 1.87 bits per heavy atom. The number of rotatable bonds is 7. The van der Waals surface area contributed by atoms with Crippen LogP contribution in [-0.2, 0) is 11.2 Å². The Bertz CT molecular complexity index is 1110. The van der Waals surface area contributed by atoms with Gasteiger partial charge in [-0.05, 0) is 70.4 Å². The van der Waals surface area contributed by atoms with Crippen LogP contribution in [0, 0.1) is 20.8 Å². The van der Waals surface area contributed by atoms with Crippen molar-refractivity contribution in [3.05, 3.63) is 64.6 Å². The van der Waals surface area contributed by atoms with Gasteiger partial charge in [0.05, 0.1) is 5.69 Å². The SMILES string of the molecule is Cc1nc2c(-c3ccccc3)c(C)nn2c(C)c1CCC(=O)NCCC1=CCCCC1. The van der Waals surface area contributed by atoms with Gasteiger partial charge in [0.2, 0.25) is 5.91 Å². The summed E-state index contributed by atoms with van der Waals surface area (Å²) < 4.78 is 1.94. The van der Waals surface area contributed by atoms with E-state index in [9.17, 15) is 4.79 Å². The van der Waals surface area contributed by atoms with Gasteiger partial charge in [-0.1, -0.05) is 42.0 Å². The predicted octanol–water partition coefficient (Wildman–Crippen LogP) is 5.26. The van der Waals surface area contributed by atoms with Crippen molar-refractivity contribution in [2.24, 2.45) is 0 Å². The van der Waals surface area contributed by atoms with E-state index in [1.165, 1.54) is 31.3 Å². The lowest BCUT2D eigenvalue weighted by Crippen LogP contribution is -2.25. The van der Waals surface area contributed by atoms with Crippen molar-refractivity contribution in [1.29, 1.82) is 0 Å². The zero-order valence-corrected chi connectivity index (χ0v) is 18.9. The van der Waals surface area contributed by atoms with Crippen LogP contribution < -0.4 is 5.32 Å². The molecule has 162 valence electrons. The van der Waals surface area contributed by atoms with Crippen LogP contribution in [0.4, 0.5) is 0 Å². The van der Waals surface area contributed by atoms with Crippen LogP contribution in [0.15, 0.2) is 42.0 Å². The minimum absolute atomic E-state index is 0.108. The quantitative estimate of drug-likeness (QED) is 0.535. The van der Waals surface area contributed by atoms with Gasteiger partial charge in [0.1, 0.15) is 0 Å². The fourth-order valence-corrected chi connectivity index (χ4v) is 4.59. The molecule has 0 aliphatic heterocycles. The molecule has 0 saturated carbocycles. The Labute approximate surface area is 184 Å². The first-order chi connectivity index (χ1) is 15.0. The third-order valence-electron chi connectivity index (χ3n) is 6.32. The van der Waals surface area contributed by atoms with Crippen LogP contribution in [0.25, 0.3) is 16.8 Å². The highest BCUT2D eigenvalue weighted by Crippen LogP contribution is 2.29. The first-order valence-electron chi connectivity index (χ1n) is 11.4. The number of hydrogen-bond donors (Lipinski definition) is 1. The number of carbonyl (C=O) groups is 1. The van der Waals surface area contributed by atoms with E-state index < -0.39 is 0 Å². The Morgan fingerprint density at radius 3 is 2.61 bits per heavy atom. The maximum Gasteiger partial charge on any atom is 0.220 e. The van der Waals surface area contributed by atoms with Crippen molar-refractivity contribution in [3.8, 4) is 11.1 Å². The van der Waals surface area contributed by atoms with Crippen LogP contribution in [0.3, 0.4) is 0 Å². The molecule has 31 heavy (non-hydrogen) atoms. The Morgan fingerprint density at radius 1 is 1.06 bits per heavy atom. The van der Waals surface area contributed by atoms with E-state index in [0.29, 0.717) is 12.8 Å². The molecule has 0 unspecified atom stereocenters. The van der Waals surface area contributed by atoms with E-state index in [-0.39, 0.29) is 5.91 Å². The molecule has 2 heterocycles. The van der Waals surface area contributed by atoms with Crippen molar-refractivity contribution in [2.75, 3.05) is 6.54 Å². The van der Waals surface area contributed by atoms with E-state index >= 15 is 0 Å². The summed E-state index contributed by atoms with van der Waals surface area (Å²) in [5.41, 5.74) is 8.70. The summed E-state index contributed by atoms with van der Waals surface area (Å²) in [5.74, 6) is 0.108. The number of aromatic nitrogens is 3. The average Bonchev–Trinajstić information content (AvgIpc) is 3.11. The van der Waals surface area contributed by atoms with Crippen LogP contribution in [0.1, 0.15) is 61.2 Å². The third kappa shape index (κ3) is 4.71. The molecule has 1 aromatic carbocycles. The van der Waals surface area contributed by atoms with Crippen LogP contribution >= 0.6 is 0 Å². The fraction of sp³-hybridized carbons (Fsp3) is 0.423. The number of fused-ring (bicyclic) bond motifs is 1. The topological polar surface area (TPSA) is 59.3 Å². The van der Waals surface area contributed by atoms with Crippen LogP contribution in [-0.4, -0.2) is 27.0 Å². The van der Waals surface area contributed by atoms with Gasteiger partial charge in [0, 0.05) is 29.9 Å². The van der Waals surface area contributed by atoms with Crippen molar-refractivity contribution in [1.82, 2.24) is 19.9 Å². The van der Waals surface area contributed by atoms with Gasteiger partial charge in [-0.25, -0.2) is 9.50 Å². The standard InChI is InChI=1S/C26H32N4O/c1-18-23(14-15-24(31)27-17-16-21-10-6-4-7-11-21)20(3)30-26(28-18)25(19(2)29-30)22-12-8-5-9-13-22/h5,8-10,12-13H,4,6-7,11,14-17H2,1-3H3,(H,27,31). The zero-order valence-electron chi connectivity index (χ0n) is 18.9. The summed E-state index contributed by atoms with van der Waals surface area (Å²) in [7, 11) is 0. The molecule has 0 atom stereocenters. The molecule has 0 radical (unpaired) electrons. The highest BCUT2D eigenvalue weighted by atomic mass is 16.1. The molecule has 1 amide bonds. The minimum Gasteiger partial charge on any atom is -0.356 e. The van der Waals surface area contributed by atoms with Gasteiger partial charge in [-0.2, -0.15) is 5.10 Å². The van der Waals surface area contributed by atoms with Crippen molar-refractivity contribution in [2.45, 2.75) is 65.7 Å². The normalized spacial score (nSPS) is 14.0. The van der Waals surface area contributed by atoms with Gasteiger partial charge < -0.3 is 5.32 Å². The molecule has 2 aromatic heterocycles. The molecule has 5 nitrogen and oxygen atoms in total. The van der Waals surface area contributed by atoms with E-state index in [4.69, 9.17) is 10.1 Å². The molecule has 0 bridgehead atoms. The first kappa shape index (κ1) is 21.3. The number of nitrogens with zero attached hydrogens (tertiary/aromatic N) is 3. The van der Waals surface area contributed by atoms with Gasteiger partial charge in [-0.3, -0.25) is 4.79 Å². The molecule has 0 fully saturated rings. The molecule has 1 aliphatic carbocycles. The first-order valence-corrected chi connectivity index (χ1v) is 11.4. The molecule has 4 rings (SSSR count). The molecular formula is C26H32N4O. The number of nitrogens with one attached hydrogen (secondary N) is 1. The molecule has 3 aromatic rings. The largest absolute Gasteiger partial charge is 0.356 e. The third-order valence-corrected chi connectivity index (χ3v) is 6.32. The Kier molecular flexibility index (Phi) is 6.50. The summed E-state index contributed by atoms with van der Waals surface area (Å²) in [6.07, 6.45) is 9.44. The maximum atomic E-state index is 12.4. The summed E-state index contributed by atoms with van der Waals surface area (Å²) in [6.45, 7) is 6.87. The highest BCUT2D eigenvalue weighted by molar-refractivity contribution is 5.80. The average molecular weight is 417 g/mol.